The first-order chi connectivity index (χ1) is 10.7. The number of hydrogen-bond acceptors (Lipinski definition) is 3. The fraction of sp³-hybridized carbons (Fsp3) is 0.294. The third-order valence-corrected chi connectivity index (χ3v) is 4.64. The minimum Gasteiger partial charge on any atom is -0.338 e. The van der Waals surface area contributed by atoms with Gasteiger partial charge in [-0.3, -0.25) is 4.79 Å². The molecule has 0 saturated carbocycles. The second kappa shape index (κ2) is 6.32. The van der Waals surface area contributed by atoms with Crippen LogP contribution in [0.25, 0.3) is 11.0 Å². The van der Waals surface area contributed by atoms with Gasteiger partial charge in [-0.2, -0.15) is 0 Å². The number of aromatic nitrogens is 2. The fourth-order valence-corrected chi connectivity index (χ4v) is 3.29. The maximum Gasteiger partial charge on any atom is 0.227 e. The largest absolute Gasteiger partial charge is 0.338 e. The molecule has 0 aliphatic carbocycles. The molecule has 2 aromatic heterocycles. The molecule has 0 aliphatic heterocycles. The number of para-hydroxylation sites is 2. The third-order valence-electron chi connectivity index (χ3n) is 3.76. The van der Waals surface area contributed by atoms with Crippen LogP contribution in [0.1, 0.15) is 17.6 Å². The molecule has 1 amide bonds. The van der Waals surface area contributed by atoms with Crippen molar-refractivity contribution in [2.45, 2.75) is 26.4 Å². The number of hydrogen-bond donors (Lipinski definition) is 0. The van der Waals surface area contributed by atoms with Crippen molar-refractivity contribution in [3.8, 4) is 0 Å². The van der Waals surface area contributed by atoms with E-state index in [-0.39, 0.29) is 5.91 Å². The van der Waals surface area contributed by atoms with Crippen molar-refractivity contribution in [2.24, 2.45) is 0 Å². The molecule has 0 saturated heterocycles. The summed E-state index contributed by atoms with van der Waals surface area (Å²) in [5.41, 5.74) is 2.11. The molecule has 0 N–H and O–H groups in total. The molecule has 4 nitrogen and oxygen atoms in total. The van der Waals surface area contributed by atoms with E-state index in [1.54, 1.807) is 16.2 Å². The zero-order chi connectivity index (χ0) is 15.5. The van der Waals surface area contributed by atoms with Gasteiger partial charge in [0.2, 0.25) is 5.91 Å². The van der Waals surface area contributed by atoms with Gasteiger partial charge in [-0.15, -0.1) is 11.3 Å². The number of rotatable bonds is 5. The first-order valence-electron chi connectivity index (χ1n) is 7.39. The third kappa shape index (κ3) is 2.90. The Balaban J connectivity index is 1.78. The van der Waals surface area contributed by atoms with Gasteiger partial charge >= 0.3 is 0 Å². The molecule has 2 heterocycles. The number of likely N-dealkylation sites (N-methyl/N-ethyl adjacent to an activating group) is 1. The van der Waals surface area contributed by atoms with Crippen LogP contribution < -0.4 is 0 Å². The standard InChI is InChI=1S/C17H19N3OS/c1-3-20-15-9-5-4-8-14(15)18-16(20)12-19(2)17(21)11-13-7-6-10-22-13/h4-10H,3,11-12H2,1-2H3. The van der Waals surface area contributed by atoms with E-state index < -0.39 is 0 Å². The van der Waals surface area contributed by atoms with Crippen LogP contribution >= 0.6 is 11.3 Å². The van der Waals surface area contributed by atoms with E-state index in [4.69, 9.17) is 0 Å². The summed E-state index contributed by atoms with van der Waals surface area (Å²) in [6.45, 7) is 3.49. The summed E-state index contributed by atoms with van der Waals surface area (Å²) in [6.07, 6.45) is 0.459. The normalized spacial score (nSPS) is 11.0. The van der Waals surface area contributed by atoms with Gasteiger partial charge in [0.1, 0.15) is 5.82 Å². The Morgan fingerprint density at radius 1 is 1.27 bits per heavy atom. The molecule has 0 spiro atoms. The molecule has 1 aromatic carbocycles. The van der Waals surface area contributed by atoms with Crippen molar-refractivity contribution in [1.29, 1.82) is 0 Å². The molecular weight excluding hydrogens is 294 g/mol. The predicted octanol–water partition coefficient (Wildman–Crippen LogP) is 3.32. The van der Waals surface area contributed by atoms with Crippen LogP contribution in [-0.4, -0.2) is 27.4 Å². The van der Waals surface area contributed by atoms with Gasteiger partial charge in [0.25, 0.3) is 0 Å². The highest BCUT2D eigenvalue weighted by Crippen LogP contribution is 2.17. The lowest BCUT2D eigenvalue weighted by Gasteiger charge is -2.17. The Morgan fingerprint density at radius 2 is 2.09 bits per heavy atom. The summed E-state index contributed by atoms with van der Waals surface area (Å²) in [5, 5.41) is 2.00. The summed E-state index contributed by atoms with van der Waals surface area (Å²) in [7, 11) is 1.84. The van der Waals surface area contributed by atoms with Crippen LogP contribution in [0.15, 0.2) is 41.8 Å². The topological polar surface area (TPSA) is 38.1 Å². The van der Waals surface area contributed by atoms with Crippen molar-refractivity contribution in [3.05, 3.63) is 52.5 Å². The maximum atomic E-state index is 12.3. The monoisotopic (exact) mass is 313 g/mol. The van der Waals surface area contributed by atoms with E-state index >= 15 is 0 Å². The average molecular weight is 313 g/mol. The quantitative estimate of drug-likeness (QED) is 0.725. The van der Waals surface area contributed by atoms with E-state index in [2.05, 4.69) is 22.5 Å². The summed E-state index contributed by atoms with van der Waals surface area (Å²) in [5.74, 6) is 1.06. The molecule has 0 radical (unpaired) electrons. The van der Waals surface area contributed by atoms with Crippen LogP contribution in [0, 0.1) is 0 Å². The van der Waals surface area contributed by atoms with Gasteiger partial charge in [-0.25, -0.2) is 4.98 Å². The Hall–Kier alpha value is -2.14. The van der Waals surface area contributed by atoms with Crippen LogP contribution in [-0.2, 0) is 24.3 Å². The molecule has 0 aliphatic rings. The zero-order valence-electron chi connectivity index (χ0n) is 12.8. The van der Waals surface area contributed by atoms with Gasteiger partial charge < -0.3 is 9.47 Å². The first kappa shape index (κ1) is 14.8. The van der Waals surface area contributed by atoms with Crippen molar-refractivity contribution in [3.63, 3.8) is 0 Å². The van der Waals surface area contributed by atoms with Gasteiger partial charge in [-0.1, -0.05) is 18.2 Å². The molecule has 0 bridgehead atoms. The number of carbonyl (C=O) groups is 1. The highest BCUT2D eigenvalue weighted by Gasteiger charge is 2.15. The van der Waals surface area contributed by atoms with E-state index in [0.717, 1.165) is 28.3 Å². The lowest BCUT2D eigenvalue weighted by molar-refractivity contribution is -0.129. The number of thiophene rings is 1. The number of benzene rings is 1. The highest BCUT2D eigenvalue weighted by atomic mass is 32.1. The molecule has 3 rings (SSSR count). The molecule has 0 atom stereocenters. The number of carbonyl (C=O) groups excluding carboxylic acids is 1. The van der Waals surface area contributed by atoms with Crippen LogP contribution in [0.2, 0.25) is 0 Å². The summed E-state index contributed by atoms with van der Waals surface area (Å²) >= 11 is 1.62. The Kier molecular flexibility index (Phi) is 4.24. The maximum absolute atomic E-state index is 12.3. The molecule has 3 aromatic rings. The number of amides is 1. The van der Waals surface area contributed by atoms with E-state index in [9.17, 15) is 4.79 Å². The second-order valence-corrected chi connectivity index (χ2v) is 6.30. The minimum atomic E-state index is 0.122. The molecule has 5 heteroatoms. The van der Waals surface area contributed by atoms with Crippen LogP contribution in [0.3, 0.4) is 0 Å². The molecular formula is C17H19N3OS. The van der Waals surface area contributed by atoms with E-state index in [1.165, 1.54) is 0 Å². The number of nitrogens with zero attached hydrogens (tertiary/aromatic N) is 3. The zero-order valence-corrected chi connectivity index (χ0v) is 13.6. The number of aryl methyl sites for hydroxylation is 1. The fourth-order valence-electron chi connectivity index (χ4n) is 2.60. The van der Waals surface area contributed by atoms with Gasteiger partial charge in [-0.05, 0) is 30.5 Å². The van der Waals surface area contributed by atoms with Crippen molar-refractivity contribution in [2.75, 3.05) is 7.05 Å². The molecule has 114 valence electrons. The van der Waals surface area contributed by atoms with Gasteiger partial charge in [0.15, 0.2) is 0 Å². The smallest absolute Gasteiger partial charge is 0.227 e. The van der Waals surface area contributed by atoms with Crippen LogP contribution in [0.4, 0.5) is 0 Å². The highest BCUT2D eigenvalue weighted by molar-refractivity contribution is 7.10. The van der Waals surface area contributed by atoms with Crippen molar-refractivity contribution >= 4 is 28.3 Å². The predicted molar refractivity (Wildman–Crippen MR) is 89.9 cm³/mol. The van der Waals surface area contributed by atoms with E-state index in [0.29, 0.717) is 13.0 Å². The summed E-state index contributed by atoms with van der Waals surface area (Å²) < 4.78 is 2.17. The first-order valence-corrected chi connectivity index (χ1v) is 8.27. The Labute approximate surface area is 134 Å². The molecule has 0 fully saturated rings. The molecule has 22 heavy (non-hydrogen) atoms. The lowest BCUT2D eigenvalue weighted by Crippen LogP contribution is -2.28. The number of fused-ring (bicyclic) bond motifs is 1. The number of imidazole rings is 1. The van der Waals surface area contributed by atoms with Gasteiger partial charge in [0, 0.05) is 18.5 Å². The Bertz CT molecular complexity index is 776. The van der Waals surface area contributed by atoms with E-state index in [1.807, 2.05) is 42.8 Å². The van der Waals surface area contributed by atoms with Gasteiger partial charge in [0.05, 0.1) is 24.0 Å². The second-order valence-electron chi connectivity index (χ2n) is 5.27. The van der Waals surface area contributed by atoms with Crippen molar-refractivity contribution < 1.29 is 4.79 Å². The SMILES string of the molecule is CCn1c(CN(C)C(=O)Cc2cccs2)nc2ccccc21. The Morgan fingerprint density at radius 3 is 2.82 bits per heavy atom. The minimum absolute atomic E-state index is 0.122. The lowest BCUT2D eigenvalue weighted by atomic mass is 10.3. The summed E-state index contributed by atoms with van der Waals surface area (Å²) in [4.78, 5) is 19.9. The molecule has 0 unspecified atom stereocenters. The summed E-state index contributed by atoms with van der Waals surface area (Å²) in [6, 6.07) is 12.1. The van der Waals surface area contributed by atoms with Crippen LogP contribution in [0.5, 0.6) is 0 Å². The average Bonchev–Trinajstić information content (AvgIpc) is 3.13. The van der Waals surface area contributed by atoms with Crippen molar-refractivity contribution in [1.82, 2.24) is 14.5 Å².